The lowest BCUT2D eigenvalue weighted by Gasteiger charge is -2.12. The predicted molar refractivity (Wildman–Crippen MR) is 84.9 cm³/mol. The number of carbonyl (C=O) groups excluding carboxylic acids is 1. The van der Waals surface area contributed by atoms with Crippen molar-refractivity contribution in [2.24, 2.45) is 5.10 Å². The van der Waals surface area contributed by atoms with Crippen molar-refractivity contribution in [2.45, 2.75) is 6.92 Å². The highest BCUT2D eigenvalue weighted by molar-refractivity contribution is 7.11. The summed E-state index contributed by atoms with van der Waals surface area (Å²) < 4.78 is 0. The zero-order chi connectivity index (χ0) is 14.5. The third-order valence-electron chi connectivity index (χ3n) is 2.87. The molecule has 0 aliphatic carbocycles. The van der Waals surface area contributed by atoms with Gasteiger partial charge in [-0.05, 0) is 42.1 Å². The lowest BCUT2D eigenvalue weighted by molar-refractivity contribution is 0.0955. The molecule has 0 aliphatic heterocycles. The predicted octanol–water partition coefficient (Wildman–Crippen LogP) is 2.89. The van der Waals surface area contributed by atoms with Gasteiger partial charge in [-0.3, -0.25) is 4.79 Å². The maximum Gasteiger partial charge on any atom is 0.271 e. The highest BCUT2D eigenvalue weighted by Gasteiger charge is 2.05. The Morgan fingerprint density at radius 1 is 1.35 bits per heavy atom. The first-order chi connectivity index (χ1) is 9.58. The molecule has 0 fully saturated rings. The molecule has 0 saturated heterocycles. The Balaban J connectivity index is 2.03. The lowest BCUT2D eigenvalue weighted by Crippen LogP contribution is -2.18. The number of nitrogens with one attached hydrogen (secondary N) is 1. The molecule has 4 nitrogen and oxygen atoms in total. The van der Waals surface area contributed by atoms with Gasteiger partial charge in [0, 0.05) is 30.2 Å². The molecule has 2 aromatic rings. The van der Waals surface area contributed by atoms with Crippen LogP contribution in [0.15, 0.2) is 40.8 Å². The minimum atomic E-state index is -0.209. The van der Waals surface area contributed by atoms with E-state index in [2.05, 4.69) is 10.5 Å². The van der Waals surface area contributed by atoms with Gasteiger partial charge in [0.1, 0.15) is 0 Å². The minimum Gasteiger partial charge on any atom is -0.378 e. The van der Waals surface area contributed by atoms with Crippen LogP contribution < -0.4 is 10.3 Å². The fourth-order valence-electron chi connectivity index (χ4n) is 1.66. The molecule has 1 aromatic heterocycles. The van der Waals surface area contributed by atoms with Crippen LogP contribution in [-0.2, 0) is 0 Å². The van der Waals surface area contributed by atoms with E-state index in [0.29, 0.717) is 5.56 Å². The second kappa shape index (κ2) is 6.34. The van der Waals surface area contributed by atoms with Crippen molar-refractivity contribution >= 4 is 29.1 Å². The van der Waals surface area contributed by atoms with Crippen molar-refractivity contribution in [2.75, 3.05) is 19.0 Å². The van der Waals surface area contributed by atoms with Crippen LogP contribution in [0.2, 0.25) is 0 Å². The van der Waals surface area contributed by atoms with Crippen LogP contribution in [0.1, 0.15) is 20.8 Å². The van der Waals surface area contributed by atoms with Gasteiger partial charge in [0.05, 0.1) is 6.21 Å². The largest absolute Gasteiger partial charge is 0.378 e. The molecule has 5 heteroatoms. The number of nitrogens with zero attached hydrogens (tertiary/aromatic N) is 2. The van der Waals surface area contributed by atoms with E-state index in [1.807, 2.05) is 55.6 Å². The van der Waals surface area contributed by atoms with Gasteiger partial charge in [-0.1, -0.05) is 6.07 Å². The minimum absolute atomic E-state index is 0.209. The number of amides is 1. The van der Waals surface area contributed by atoms with Gasteiger partial charge in [-0.25, -0.2) is 5.43 Å². The number of carbonyl (C=O) groups is 1. The van der Waals surface area contributed by atoms with Crippen molar-refractivity contribution < 1.29 is 4.79 Å². The van der Waals surface area contributed by atoms with Crippen LogP contribution in [0.25, 0.3) is 0 Å². The molecule has 0 radical (unpaired) electrons. The summed E-state index contributed by atoms with van der Waals surface area (Å²) in [6.45, 7) is 2.01. The van der Waals surface area contributed by atoms with Crippen LogP contribution in [0.3, 0.4) is 0 Å². The van der Waals surface area contributed by atoms with E-state index in [1.54, 1.807) is 23.6 Å². The van der Waals surface area contributed by atoms with Crippen LogP contribution in [0.5, 0.6) is 0 Å². The van der Waals surface area contributed by atoms with E-state index >= 15 is 0 Å². The maximum absolute atomic E-state index is 12.0. The standard InChI is InChI=1S/C15H17N3OS/c1-11-7-8-20-14(11)10-16-17-15(19)12-5-4-6-13(9-12)18(2)3/h4-10H,1-3H3,(H,17,19). The summed E-state index contributed by atoms with van der Waals surface area (Å²) in [4.78, 5) is 15.0. The number of hydrazone groups is 1. The lowest BCUT2D eigenvalue weighted by atomic mass is 10.2. The second-order valence-corrected chi connectivity index (χ2v) is 5.56. The van der Waals surface area contributed by atoms with E-state index in [1.165, 1.54) is 0 Å². The molecule has 1 heterocycles. The van der Waals surface area contributed by atoms with Gasteiger partial charge in [0.25, 0.3) is 5.91 Å². The number of benzene rings is 1. The van der Waals surface area contributed by atoms with Crippen molar-refractivity contribution in [1.82, 2.24) is 5.43 Å². The fourth-order valence-corrected chi connectivity index (χ4v) is 2.44. The summed E-state index contributed by atoms with van der Waals surface area (Å²) in [5, 5.41) is 6.00. The number of anilines is 1. The summed E-state index contributed by atoms with van der Waals surface area (Å²) in [7, 11) is 3.88. The molecule has 0 bridgehead atoms. The molecule has 0 atom stereocenters. The summed E-state index contributed by atoms with van der Waals surface area (Å²) in [6.07, 6.45) is 1.67. The number of thiophene rings is 1. The van der Waals surface area contributed by atoms with Crippen molar-refractivity contribution in [3.63, 3.8) is 0 Å². The Morgan fingerprint density at radius 2 is 2.15 bits per heavy atom. The topological polar surface area (TPSA) is 44.7 Å². The molecule has 104 valence electrons. The first kappa shape index (κ1) is 14.3. The average molecular weight is 287 g/mol. The Morgan fingerprint density at radius 3 is 2.80 bits per heavy atom. The van der Waals surface area contributed by atoms with E-state index in [9.17, 15) is 4.79 Å². The monoisotopic (exact) mass is 287 g/mol. The Labute approximate surface area is 122 Å². The van der Waals surface area contributed by atoms with E-state index < -0.39 is 0 Å². The SMILES string of the molecule is Cc1ccsc1C=NNC(=O)c1cccc(N(C)C)c1. The molecular weight excluding hydrogens is 270 g/mol. The maximum atomic E-state index is 12.0. The van der Waals surface area contributed by atoms with Crippen LogP contribution in [0, 0.1) is 6.92 Å². The van der Waals surface area contributed by atoms with Crippen LogP contribution in [0.4, 0.5) is 5.69 Å². The number of rotatable bonds is 4. The number of hydrogen-bond donors (Lipinski definition) is 1. The van der Waals surface area contributed by atoms with Gasteiger partial charge >= 0.3 is 0 Å². The Bertz CT molecular complexity index is 632. The second-order valence-electron chi connectivity index (χ2n) is 4.61. The third kappa shape index (κ3) is 3.45. The van der Waals surface area contributed by atoms with Gasteiger partial charge in [-0.15, -0.1) is 11.3 Å². The average Bonchev–Trinajstić information content (AvgIpc) is 2.84. The van der Waals surface area contributed by atoms with Gasteiger partial charge < -0.3 is 4.90 Å². The quantitative estimate of drug-likeness (QED) is 0.694. The van der Waals surface area contributed by atoms with Crippen molar-refractivity contribution in [3.05, 3.63) is 51.7 Å². The molecule has 0 saturated carbocycles. The first-order valence-corrected chi connectivity index (χ1v) is 7.11. The van der Waals surface area contributed by atoms with Gasteiger partial charge in [0.15, 0.2) is 0 Å². The number of aryl methyl sites for hydroxylation is 1. The van der Waals surface area contributed by atoms with E-state index in [4.69, 9.17) is 0 Å². The first-order valence-electron chi connectivity index (χ1n) is 6.23. The van der Waals surface area contributed by atoms with Crippen LogP contribution in [-0.4, -0.2) is 26.2 Å². The normalized spacial score (nSPS) is 10.8. The molecule has 0 aliphatic rings. The van der Waals surface area contributed by atoms with Gasteiger partial charge in [0.2, 0.25) is 0 Å². The fraction of sp³-hybridized carbons (Fsp3) is 0.200. The summed E-state index contributed by atoms with van der Waals surface area (Å²) in [6, 6.07) is 9.44. The van der Waals surface area contributed by atoms with E-state index in [-0.39, 0.29) is 5.91 Å². The molecule has 1 amide bonds. The zero-order valence-corrected chi connectivity index (χ0v) is 12.6. The summed E-state index contributed by atoms with van der Waals surface area (Å²) in [5.74, 6) is -0.209. The molecule has 20 heavy (non-hydrogen) atoms. The molecule has 1 aromatic carbocycles. The number of hydrogen-bond acceptors (Lipinski definition) is 4. The highest BCUT2D eigenvalue weighted by atomic mass is 32.1. The smallest absolute Gasteiger partial charge is 0.271 e. The van der Waals surface area contributed by atoms with Gasteiger partial charge in [-0.2, -0.15) is 5.10 Å². The molecule has 0 unspecified atom stereocenters. The summed E-state index contributed by atoms with van der Waals surface area (Å²) in [5.41, 5.74) is 5.28. The van der Waals surface area contributed by atoms with Crippen LogP contribution >= 0.6 is 11.3 Å². The molecule has 0 spiro atoms. The third-order valence-corrected chi connectivity index (χ3v) is 3.83. The van der Waals surface area contributed by atoms with Crippen molar-refractivity contribution in [3.8, 4) is 0 Å². The molecule has 2 rings (SSSR count). The summed E-state index contributed by atoms with van der Waals surface area (Å²) >= 11 is 1.60. The zero-order valence-electron chi connectivity index (χ0n) is 11.8. The Hall–Kier alpha value is -2.14. The highest BCUT2D eigenvalue weighted by Crippen LogP contribution is 2.14. The molecule has 1 N–H and O–H groups in total. The Kier molecular flexibility index (Phi) is 4.53. The van der Waals surface area contributed by atoms with Crippen molar-refractivity contribution in [1.29, 1.82) is 0 Å². The molecular formula is C15H17N3OS. The van der Waals surface area contributed by atoms with E-state index in [0.717, 1.165) is 16.1 Å².